The first-order chi connectivity index (χ1) is 19.8. The van der Waals surface area contributed by atoms with E-state index in [-0.39, 0.29) is 37.0 Å². The highest BCUT2D eigenvalue weighted by molar-refractivity contribution is 6.08. The Kier molecular flexibility index (Phi) is 8.84. The molecule has 10 heteroatoms. The van der Waals surface area contributed by atoms with Crippen molar-refractivity contribution in [1.82, 2.24) is 10.6 Å². The number of hydrogen-bond donors (Lipinski definition) is 6. The quantitative estimate of drug-likeness (QED) is 0.245. The molecular weight excluding hydrogens is 522 g/mol. The summed E-state index contributed by atoms with van der Waals surface area (Å²) in [5.41, 5.74) is 1.17. The lowest BCUT2D eigenvalue weighted by Crippen LogP contribution is -2.44. The topological polar surface area (TPSA) is 143 Å². The molecule has 2 aromatic carbocycles. The van der Waals surface area contributed by atoms with Crippen molar-refractivity contribution in [3.63, 3.8) is 0 Å². The Labute approximate surface area is 240 Å². The van der Waals surface area contributed by atoms with Gasteiger partial charge in [-0.15, -0.1) is 0 Å². The molecule has 3 amide bonds. The van der Waals surface area contributed by atoms with Crippen LogP contribution in [0.15, 0.2) is 54.6 Å². The van der Waals surface area contributed by atoms with E-state index in [0.717, 1.165) is 44.3 Å². The van der Waals surface area contributed by atoms with Gasteiger partial charge in [0, 0.05) is 29.5 Å². The van der Waals surface area contributed by atoms with E-state index in [1.807, 2.05) is 24.3 Å². The highest BCUT2D eigenvalue weighted by Gasteiger charge is 2.52. The number of anilines is 3. The second kappa shape index (κ2) is 12.5. The third-order valence-electron chi connectivity index (χ3n) is 8.23. The van der Waals surface area contributed by atoms with Crippen LogP contribution in [0.5, 0.6) is 0 Å². The van der Waals surface area contributed by atoms with Crippen molar-refractivity contribution in [1.29, 1.82) is 0 Å². The average Bonchev–Trinajstić information content (AvgIpc) is 3.74. The van der Waals surface area contributed by atoms with Gasteiger partial charge >= 0.3 is 0 Å². The number of nitrogens with zero attached hydrogens (tertiary/aromatic N) is 1. The zero-order chi connectivity index (χ0) is 29.0. The molecule has 3 aliphatic rings. The Morgan fingerprint density at radius 1 is 1.02 bits per heavy atom. The predicted octanol–water partition coefficient (Wildman–Crippen LogP) is 2.38. The Morgan fingerprint density at radius 2 is 1.63 bits per heavy atom. The van der Waals surface area contributed by atoms with Gasteiger partial charge in [-0.3, -0.25) is 14.4 Å². The minimum atomic E-state index is -1.85. The number of amides is 3. The number of rotatable bonds is 10. The Morgan fingerprint density at radius 3 is 2.22 bits per heavy atom. The lowest BCUT2D eigenvalue weighted by molar-refractivity contribution is -0.139. The summed E-state index contributed by atoms with van der Waals surface area (Å²) in [7, 11) is 0. The number of nitrogens with one attached hydrogen (secondary N) is 4. The summed E-state index contributed by atoms with van der Waals surface area (Å²) in [5, 5.41) is 33.4. The van der Waals surface area contributed by atoms with Gasteiger partial charge in [0.2, 0.25) is 11.8 Å². The van der Waals surface area contributed by atoms with Crippen LogP contribution >= 0.6 is 0 Å². The minimum Gasteiger partial charge on any atom is -0.396 e. The van der Waals surface area contributed by atoms with Crippen LogP contribution < -0.4 is 26.2 Å². The maximum absolute atomic E-state index is 13.9. The summed E-state index contributed by atoms with van der Waals surface area (Å²) in [4.78, 5) is 40.7. The normalized spacial score (nSPS) is 24.6. The molecule has 4 atom stereocenters. The van der Waals surface area contributed by atoms with Gasteiger partial charge in [-0.25, -0.2) is 0 Å². The molecule has 2 saturated heterocycles. The van der Waals surface area contributed by atoms with Gasteiger partial charge in [0.05, 0.1) is 24.3 Å². The second-order valence-corrected chi connectivity index (χ2v) is 11.1. The summed E-state index contributed by atoms with van der Waals surface area (Å²) in [5.74, 6) is -1.24. The first-order valence-electron chi connectivity index (χ1n) is 14.4. The van der Waals surface area contributed by atoms with Crippen molar-refractivity contribution < 1.29 is 24.6 Å². The van der Waals surface area contributed by atoms with Gasteiger partial charge in [0.25, 0.3) is 5.91 Å². The third kappa shape index (κ3) is 6.06. The van der Waals surface area contributed by atoms with E-state index in [2.05, 4.69) is 21.3 Å². The Balaban J connectivity index is 1.38. The number of aliphatic hydroxyl groups excluding tert-OH is 1. The van der Waals surface area contributed by atoms with E-state index in [1.165, 1.54) is 0 Å². The second-order valence-electron chi connectivity index (χ2n) is 11.1. The molecule has 2 aromatic rings. The van der Waals surface area contributed by atoms with Crippen molar-refractivity contribution in [2.75, 3.05) is 35.2 Å². The van der Waals surface area contributed by atoms with Gasteiger partial charge in [-0.05, 0) is 81.1 Å². The van der Waals surface area contributed by atoms with E-state index in [4.69, 9.17) is 0 Å². The van der Waals surface area contributed by atoms with Crippen LogP contribution in [-0.4, -0.2) is 59.7 Å². The number of benzene rings is 2. The SMILES string of the molecule is C[C@@H](/C=C/CCO)[C@]1(O)C(=O)N(Cc2ccc(NC(=O)[C@H]3CCCN3)cc2)c2ccc(NC(=O)[C@H]3CCCN3)cc21. The van der Waals surface area contributed by atoms with Crippen molar-refractivity contribution in [2.24, 2.45) is 5.92 Å². The molecular formula is C31H39N5O5. The first-order valence-corrected chi connectivity index (χ1v) is 14.4. The van der Waals surface area contributed by atoms with E-state index >= 15 is 0 Å². The molecule has 0 radical (unpaired) electrons. The molecule has 0 bridgehead atoms. The largest absolute Gasteiger partial charge is 0.396 e. The van der Waals surface area contributed by atoms with Gasteiger partial charge in [-0.1, -0.05) is 31.2 Å². The highest BCUT2D eigenvalue weighted by Crippen LogP contribution is 2.47. The number of fused-ring (bicyclic) bond motifs is 1. The summed E-state index contributed by atoms with van der Waals surface area (Å²) < 4.78 is 0. The number of hydrogen-bond acceptors (Lipinski definition) is 7. The number of carbonyl (C=O) groups excluding carboxylic acids is 3. The van der Waals surface area contributed by atoms with Gasteiger partial charge in [-0.2, -0.15) is 0 Å². The van der Waals surface area contributed by atoms with Gasteiger partial charge in [0.15, 0.2) is 5.60 Å². The molecule has 0 saturated carbocycles. The van der Waals surface area contributed by atoms with Crippen LogP contribution in [0.25, 0.3) is 0 Å². The molecule has 218 valence electrons. The molecule has 0 spiro atoms. The zero-order valence-corrected chi connectivity index (χ0v) is 23.4. The lowest BCUT2D eigenvalue weighted by Gasteiger charge is -2.28. The summed E-state index contributed by atoms with van der Waals surface area (Å²) in [6.45, 7) is 3.60. The third-order valence-corrected chi connectivity index (χ3v) is 8.23. The fourth-order valence-corrected chi connectivity index (χ4v) is 5.85. The van der Waals surface area contributed by atoms with Crippen molar-refractivity contribution >= 4 is 34.8 Å². The van der Waals surface area contributed by atoms with Crippen molar-refractivity contribution in [2.45, 2.75) is 63.3 Å². The maximum atomic E-state index is 13.9. The molecule has 3 aliphatic heterocycles. The molecule has 5 rings (SSSR count). The summed E-state index contributed by atoms with van der Waals surface area (Å²) >= 11 is 0. The molecule has 2 fully saturated rings. The fraction of sp³-hybridized carbons (Fsp3) is 0.452. The minimum absolute atomic E-state index is 0.0304. The van der Waals surface area contributed by atoms with Gasteiger partial charge in [0.1, 0.15) is 0 Å². The van der Waals surface area contributed by atoms with Crippen LogP contribution in [0.2, 0.25) is 0 Å². The average molecular weight is 562 g/mol. The van der Waals surface area contributed by atoms with Gasteiger partial charge < -0.3 is 36.4 Å². The maximum Gasteiger partial charge on any atom is 0.264 e. The first kappa shape index (κ1) is 28.9. The molecule has 0 aliphatic carbocycles. The molecule has 3 heterocycles. The molecule has 0 unspecified atom stereocenters. The van der Waals surface area contributed by atoms with E-state index < -0.39 is 17.4 Å². The zero-order valence-electron chi connectivity index (χ0n) is 23.4. The van der Waals surface area contributed by atoms with Crippen LogP contribution in [-0.2, 0) is 26.5 Å². The molecule has 0 aromatic heterocycles. The van der Waals surface area contributed by atoms with E-state index in [1.54, 1.807) is 42.2 Å². The van der Waals surface area contributed by atoms with Crippen molar-refractivity contribution in [3.8, 4) is 0 Å². The summed E-state index contributed by atoms with van der Waals surface area (Å²) in [6, 6.07) is 12.1. The van der Waals surface area contributed by atoms with E-state index in [0.29, 0.717) is 29.0 Å². The van der Waals surface area contributed by atoms with Crippen LogP contribution in [0.1, 0.15) is 50.2 Å². The lowest BCUT2D eigenvalue weighted by atomic mass is 9.82. The molecule has 41 heavy (non-hydrogen) atoms. The number of aliphatic hydroxyl groups is 2. The monoisotopic (exact) mass is 561 g/mol. The highest BCUT2D eigenvalue weighted by atomic mass is 16.3. The Hall–Kier alpha value is -3.57. The molecule has 6 N–H and O–H groups in total. The van der Waals surface area contributed by atoms with Crippen molar-refractivity contribution in [3.05, 3.63) is 65.7 Å². The smallest absolute Gasteiger partial charge is 0.264 e. The Bertz CT molecular complexity index is 1300. The fourth-order valence-electron chi connectivity index (χ4n) is 5.85. The van der Waals surface area contributed by atoms with E-state index in [9.17, 15) is 24.6 Å². The van der Waals surface area contributed by atoms with Crippen LogP contribution in [0, 0.1) is 5.92 Å². The summed E-state index contributed by atoms with van der Waals surface area (Å²) in [6.07, 6.45) is 7.41. The standard InChI is InChI=1S/C31H39N5O5/c1-20(6-2-3-17-37)31(41)24-18-23(35-29(39)26-8-5-16-33-26)13-14-27(24)36(30(31)40)19-21-9-11-22(12-10-21)34-28(38)25-7-4-15-32-25/h2,6,9-14,18,20,25-26,32-33,37,41H,3-5,7-8,15-17,19H2,1H3,(H,34,38)(H,35,39)/b6-2+/t20-,25+,26+,31+/m0/s1. The predicted molar refractivity (Wildman–Crippen MR) is 157 cm³/mol. The van der Waals surface area contributed by atoms with Crippen LogP contribution in [0.4, 0.5) is 17.1 Å². The molecule has 10 nitrogen and oxygen atoms in total. The van der Waals surface area contributed by atoms with Crippen LogP contribution in [0.3, 0.4) is 0 Å². The number of carbonyl (C=O) groups is 3.